The van der Waals surface area contributed by atoms with Gasteiger partial charge >= 0.3 is 0 Å². The van der Waals surface area contributed by atoms with E-state index < -0.39 is 0 Å². The number of hydrogen-bond donors (Lipinski definition) is 0. The molecule has 2 heterocycles. The van der Waals surface area contributed by atoms with Crippen molar-refractivity contribution >= 4 is 33.8 Å². The summed E-state index contributed by atoms with van der Waals surface area (Å²) < 4.78 is 0. The SMILES string of the molecule is Cc1cc(C)c2c(Cl)nc(-c3cscc3C)nc2c1. The molecule has 0 atom stereocenters. The Morgan fingerprint density at radius 2 is 1.79 bits per heavy atom. The fourth-order valence-electron chi connectivity index (χ4n) is 2.30. The standard InChI is InChI=1S/C15H13ClN2S/c1-8-4-9(2)13-12(5-8)17-15(18-14(13)16)11-7-19-6-10(11)3/h4-7H,1-3H3. The van der Waals surface area contributed by atoms with E-state index in [9.17, 15) is 0 Å². The predicted octanol–water partition coefficient (Wildman–Crippen LogP) is 4.94. The molecule has 0 spiro atoms. The minimum Gasteiger partial charge on any atom is -0.228 e. The third-order valence-electron chi connectivity index (χ3n) is 3.19. The van der Waals surface area contributed by atoms with Gasteiger partial charge < -0.3 is 0 Å². The number of nitrogens with zero attached hydrogens (tertiary/aromatic N) is 2. The molecule has 0 radical (unpaired) electrons. The number of aryl methyl sites for hydroxylation is 3. The number of thiophene rings is 1. The number of fused-ring (bicyclic) bond motifs is 1. The zero-order valence-electron chi connectivity index (χ0n) is 11.0. The summed E-state index contributed by atoms with van der Waals surface area (Å²) >= 11 is 8.00. The molecule has 19 heavy (non-hydrogen) atoms. The van der Waals surface area contributed by atoms with E-state index in [-0.39, 0.29) is 0 Å². The van der Waals surface area contributed by atoms with Crippen LogP contribution in [0.5, 0.6) is 0 Å². The van der Waals surface area contributed by atoms with Gasteiger partial charge in [-0.1, -0.05) is 17.7 Å². The van der Waals surface area contributed by atoms with Crippen LogP contribution in [0.2, 0.25) is 5.15 Å². The van der Waals surface area contributed by atoms with Gasteiger partial charge in [0.05, 0.1) is 5.52 Å². The molecule has 0 saturated carbocycles. The molecule has 0 fully saturated rings. The lowest BCUT2D eigenvalue weighted by atomic mass is 10.1. The number of hydrogen-bond acceptors (Lipinski definition) is 3. The average Bonchev–Trinajstić information content (AvgIpc) is 2.73. The first kappa shape index (κ1) is 12.6. The van der Waals surface area contributed by atoms with Gasteiger partial charge in [0.2, 0.25) is 0 Å². The first-order valence-electron chi connectivity index (χ1n) is 6.04. The lowest BCUT2D eigenvalue weighted by Crippen LogP contribution is -1.94. The molecule has 0 N–H and O–H groups in total. The van der Waals surface area contributed by atoms with E-state index in [2.05, 4.69) is 46.7 Å². The highest BCUT2D eigenvalue weighted by molar-refractivity contribution is 7.08. The first-order valence-corrected chi connectivity index (χ1v) is 7.36. The second kappa shape index (κ2) is 4.58. The largest absolute Gasteiger partial charge is 0.228 e. The molecule has 0 unspecified atom stereocenters. The van der Waals surface area contributed by atoms with Crippen molar-refractivity contribution < 1.29 is 0 Å². The summed E-state index contributed by atoms with van der Waals surface area (Å²) in [6, 6.07) is 4.16. The Morgan fingerprint density at radius 3 is 2.47 bits per heavy atom. The van der Waals surface area contributed by atoms with Crippen LogP contribution >= 0.6 is 22.9 Å². The monoisotopic (exact) mass is 288 g/mol. The van der Waals surface area contributed by atoms with Crippen LogP contribution in [-0.2, 0) is 0 Å². The summed E-state index contributed by atoms with van der Waals surface area (Å²) in [5.74, 6) is 0.709. The molecule has 0 aliphatic rings. The molecule has 0 saturated heterocycles. The van der Waals surface area contributed by atoms with Crippen LogP contribution in [0.3, 0.4) is 0 Å². The molecule has 1 aromatic carbocycles. The van der Waals surface area contributed by atoms with E-state index in [1.165, 1.54) is 11.1 Å². The molecule has 3 rings (SSSR count). The van der Waals surface area contributed by atoms with E-state index in [0.29, 0.717) is 11.0 Å². The highest BCUT2D eigenvalue weighted by Crippen LogP contribution is 2.30. The maximum absolute atomic E-state index is 6.34. The summed E-state index contributed by atoms with van der Waals surface area (Å²) in [4.78, 5) is 9.13. The average molecular weight is 289 g/mol. The van der Waals surface area contributed by atoms with Crippen LogP contribution in [0.4, 0.5) is 0 Å². The van der Waals surface area contributed by atoms with E-state index in [0.717, 1.165) is 22.0 Å². The van der Waals surface area contributed by atoms with Gasteiger partial charge in [-0.15, -0.1) is 0 Å². The summed E-state index contributed by atoms with van der Waals surface area (Å²) in [7, 11) is 0. The van der Waals surface area contributed by atoms with Gasteiger partial charge in [0.15, 0.2) is 5.82 Å². The number of aromatic nitrogens is 2. The fraction of sp³-hybridized carbons (Fsp3) is 0.200. The van der Waals surface area contributed by atoms with Crippen molar-refractivity contribution in [2.45, 2.75) is 20.8 Å². The highest BCUT2D eigenvalue weighted by Gasteiger charge is 2.12. The Balaban J connectivity index is 2.34. The smallest absolute Gasteiger partial charge is 0.162 e. The van der Waals surface area contributed by atoms with Gasteiger partial charge in [-0.3, -0.25) is 0 Å². The van der Waals surface area contributed by atoms with Gasteiger partial charge in [-0.25, -0.2) is 9.97 Å². The summed E-state index contributed by atoms with van der Waals surface area (Å²) in [5.41, 5.74) is 5.47. The second-order valence-electron chi connectivity index (χ2n) is 4.78. The van der Waals surface area contributed by atoms with E-state index in [1.807, 2.05) is 6.92 Å². The first-order chi connectivity index (χ1) is 9.06. The maximum Gasteiger partial charge on any atom is 0.162 e. The van der Waals surface area contributed by atoms with Crippen LogP contribution in [0.25, 0.3) is 22.3 Å². The van der Waals surface area contributed by atoms with Crippen LogP contribution < -0.4 is 0 Å². The molecule has 0 amide bonds. The lowest BCUT2D eigenvalue weighted by Gasteiger charge is -2.08. The molecule has 4 heteroatoms. The van der Waals surface area contributed by atoms with Crippen LogP contribution in [-0.4, -0.2) is 9.97 Å². The topological polar surface area (TPSA) is 25.8 Å². The Kier molecular flexibility index (Phi) is 3.03. The van der Waals surface area contributed by atoms with E-state index in [4.69, 9.17) is 11.6 Å². The Morgan fingerprint density at radius 1 is 1.00 bits per heavy atom. The van der Waals surface area contributed by atoms with Crippen molar-refractivity contribution in [2.24, 2.45) is 0 Å². The molecule has 96 valence electrons. The lowest BCUT2D eigenvalue weighted by molar-refractivity contribution is 1.21. The minimum absolute atomic E-state index is 0.531. The van der Waals surface area contributed by atoms with Gasteiger partial charge in [0.25, 0.3) is 0 Å². The Hall–Kier alpha value is -1.45. The summed E-state index contributed by atoms with van der Waals surface area (Å²) in [6.07, 6.45) is 0. The molecule has 0 aliphatic heterocycles. The number of benzene rings is 1. The third kappa shape index (κ3) is 2.13. The van der Waals surface area contributed by atoms with E-state index >= 15 is 0 Å². The molecular formula is C15H13ClN2S. The number of rotatable bonds is 1. The maximum atomic E-state index is 6.34. The van der Waals surface area contributed by atoms with Gasteiger partial charge in [0, 0.05) is 16.3 Å². The molecular weight excluding hydrogens is 276 g/mol. The summed E-state index contributed by atoms with van der Waals surface area (Å²) in [6.45, 7) is 6.17. The number of halogens is 1. The highest BCUT2D eigenvalue weighted by atomic mass is 35.5. The normalized spacial score (nSPS) is 11.2. The van der Waals surface area contributed by atoms with Crippen molar-refractivity contribution in [1.29, 1.82) is 0 Å². The van der Waals surface area contributed by atoms with Crippen molar-refractivity contribution in [2.75, 3.05) is 0 Å². The quantitative estimate of drug-likeness (QED) is 0.593. The Labute approximate surface area is 121 Å². The molecule has 2 aromatic heterocycles. The zero-order valence-corrected chi connectivity index (χ0v) is 12.6. The van der Waals surface area contributed by atoms with Crippen LogP contribution in [0.1, 0.15) is 16.7 Å². The molecule has 2 nitrogen and oxygen atoms in total. The van der Waals surface area contributed by atoms with E-state index in [1.54, 1.807) is 11.3 Å². The zero-order chi connectivity index (χ0) is 13.6. The fourth-order valence-corrected chi connectivity index (χ4v) is 3.45. The Bertz CT molecular complexity index is 777. The van der Waals surface area contributed by atoms with Crippen LogP contribution in [0, 0.1) is 20.8 Å². The van der Waals surface area contributed by atoms with Gasteiger partial charge in [-0.05, 0) is 48.9 Å². The van der Waals surface area contributed by atoms with Crippen molar-refractivity contribution in [3.8, 4) is 11.4 Å². The van der Waals surface area contributed by atoms with Gasteiger partial charge in [-0.2, -0.15) is 11.3 Å². The van der Waals surface area contributed by atoms with Crippen molar-refractivity contribution in [3.05, 3.63) is 44.7 Å². The molecule has 0 aliphatic carbocycles. The minimum atomic E-state index is 0.531. The molecule has 3 aromatic rings. The molecule has 0 bridgehead atoms. The second-order valence-corrected chi connectivity index (χ2v) is 5.88. The third-order valence-corrected chi connectivity index (χ3v) is 4.33. The van der Waals surface area contributed by atoms with Crippen LogP contribution in [0.15, 0.2) is 22.9 Å². The van der Waals surface area contributed by atoms with Gasteiger partial charge in [0.1, 0.15) is 5.15 Å². The van der Waals surface area contributed by atoms with Crippen molar-refractivity contribution in [3.63, 3.8) is 0 Å². The van der Waals surface area contributed by atoms with Crippen molar-refractivity contribution in [1.82, 2.24) is 9.97 Å². The predicted molar refractivity (Wildman–Crippen MR) is 82.1 cm³/mol. The summed E-state index contributed by atoms with van der Waals surface area (Å²) in [5, 5.41) is 5.64.